The van der Waals surface area contributed by atoms with E-state index in [-0.39, 0.29) is 5.92 Å². The summed E-state index contributed by atoms with van der Waals surface area (Å²) in [5.41, 5.74) is 7.68. The normalized spacial score (nSPS) is 11.3. The largest absolute Gasteiger partial charge is 0.385 e. The van der Waals surface area contributed by atoms with Gasteiger partial charge in [-0.05, 0) is 69.1 Å². The SMILES string of the molecule is CCNc1ccc(C(c2ccc(-c3cccs3)cc2)c2ccc(-c3cccs3)cc2)c2ccccc12. The smallest absolute Gasteiger partial charge is 0.0419 e. The number of nitrogens with one attached hydrogen (secondary N) is 1. The van der Waals surface area contributed by atoms with Crippen molar-refractivity contribution in [3.63, 3.8) is 0 Å². The second kappa shape index (κ2) is 10.1. The van der Waals surface area contributed by atoms with Crippen molar-refractivity contribution in [2.75, 3.05) is 11.9 Å². The molecule has 0 saturated heterocycles. The van der Waals surface area contributed by atoms with E-state index in [4.69, 9.17) is 0 Å². The predicted octanol–water partition coefficient (Wildman–Crippen LogP) is 9.91. The van der Waals surface area contributed by atoms with Crippen LogP contribution in [0.15, 0.2) is 120 Å². The van der Waals surface area contributed by atoms with Crippen LogP contribution >= 0.6 is 22.7 Å². The second-order valence-corrected chi connectivity index (χ2v) is 10.8. The number of fused-ring (bicyclic) bond motifs is 1. The second-order valence-electron chi connectivity index (χ2n) is 8.91. The van der Waals surface area contributed by atoms with E-state index in [0.29, 0.717) is 0 Å². The van der Waals surface area contributed by atoms with Gasteiger partial charge < -0.3 is 5.32 Å². The van der Waals surface area contributed by atoms with E-state index in [2.05, 4.69) is 132 Å². The first-order valence-corrected chi connectivity index (χ1v) is 14.1. The standard InChI is InChI=1S/C33H27NS2/c1-2-34-30-20-19-29(27-7-3-4-8-28(27)30)33(25-15-11-23(12-16-25)31-9-5-21-35-31)26-17-13-24(14-18-26)32-10-6-22-36-32/h3-22,33-34H,2H2,1H3. The molecule has 0 aliphatic rings. The Hall–Kier alpha value is -3.66. The molecule has 1 nitrogen and oxygen atoms in total. The van der Waals surface area contributed by atoms with Gasteiger partial charge in [0.15, 0.2) is 0 Å². The van der Waals surface area contributed by atoms with E-state index >= 15 is 0 Å². The number of hydrogen-bond donors (Lipinski definition) is 1. The highest BCUT2D eigenvalue weighted by molar-refractivity contribution is 7.13. The number of hydrogen-bond acceptors (Lipinski definition) is 3. The molecule has 2 heterocycles. The molecule has 176 valence electrons. The summed E-state index contributed by atoms with van der Waals surface area (Å²) in [6.45, 7) is 3.05. The van der Waals surface area contributed by atoms with Crippen LogP contribution in [0.1, 0.15) is 29.5 Å². The third kappa shape index (κ3) is 4.37. The summed E-state index contributed by atoms with van der Waals surface area (Å²) in [4.78, 5) is 2.61. The predicted molar refractivity (Wildman–Crippen MR) is 159 cm³/mol. The Morgan fingerprint density at radius 1 is 0.583 bits per heavy atom. The van der Waals surface area contributed by atoms with Crippen LogP contribution in [0.25, 0.3) is 31.7 Å². The van der Waals surface area contributed by atoms with Crippen molar-refractivity contribution in [1.82, 2.24) is 0 Å². The van der Waals surface area contributed by atoms with Crippen LogP contribution in [0.5, 0.6) is 0 Å². The quantitative estimate of drug-likeness (QED) is 0.215. The molecule has 0 atom stereocenters. The lowest BCUT2D eigenvalue weighted by atomic mass is 9.82. The summed E-state index contributed by atoms with van der Waals surface area (Å²) >= 11 is 3.57. The Kier molecular flexibility index (Phi) is 6.42. The number of thiophene rings is 2. The Labute approximate surface area is 220 Å². The van der Waals surface area contributed by atoms with Crippen LogP contribution in [0, 0.1) is 0 Å². The summed E-state index contributed by atoms with van der Waals surface area (Å²) in [6, 6.07) is 40.2. The topological polar surface area (TPSA) is 12.0 Å². The molecule has 0 aliphatic carbocycles. The van der Waals surface area contributed by atoms with Gasteiger partial charge >= 0.3 is 0 Å². The zero-order valence-corrected chi connectivity index (χ0v) is 21.8. The van der Waals surface area contributed by atoms with Gasteiger partial charge in [-0.25, -0.2) is 0 Å². The molecular weight excluding hydrogens is 475 g/mol. The Morgan fingerprint density at radius 3 is 1.64 bits per heavy atom. The van der Waals surface area contributed by atoms with Gasteiger partial charge in [0.2, 0.25) is 0 Å². The molecule has 2 aromatic heterocycles. The molecule has 0 spiro atoms. The summed E-state index contributed by atoms with van der Waals surface area (Å²) in [7, 11) is 0. The van der Waals surface area contributed by atoms with Crippen molar-refractivity contribution in [1.29, 1.82) is 0 Å². The number of benzene rings is 4. The van der Waals surface area contributed by atoms with Gasteiger partial charge in [-0.15, -0.1) is 22.7 Å². The fraction of sp³-hybridized carbons (Fsp3) is 0.0909. The van der Waals surface area contributed by atoms with Crippen LogP contribution in [0.4, 0.5) is 5.69 Å². The van der Waals surface area contributed by atoms with E-state index in [9.17, 15) is 0 Å². The average Bonchev–Trinajstić information content (AvgIpc) is 3.66. The molecule has 0 fully saturated rings. The molecule has 6 rings (SSSR count). The molecule has 0 amide bonds. The zero-order chi connectivity index (χ0) is 24.3. The molecule has 0 aliphatic heterocycles. The number of rotatable bonds is 7. The third-order valence-electron chi connectivity index (χ3n) is 6.74. The van der Waals surface area contributed by atoms with Crippen LogP contribution < -0.4 is 5.32 Å². The van der Waals surface area contributed by atoms with Gasteiger partial charge in [0.05, 0.1) is 0 Å². The minimum Gasteiger partial charge on any atom is -0.385 e. The van der Waals surface area contributed by atoms with E-state index in [1.807, 2.05) is 0 Å². The van der Waals surface area contributed by atoms with E-state index in [1.54, 1.807) is 22.7 Å². The van der Waals surface area contributed by atoms with Crippen molar-refractivity contribution in [2.45, 2.75) is 12.8 Å². The Balaban J connectivity index is 1.50. The van der Waals surface area contributed by atoms with Gasteiger partial charge in [-0.2, -0.15) is 0 Å². The fourth-order valence-electron chi connectivity index (χ4n) is 5.04. The van der Waals surface area contributed by atoms with Gasteiger partial charge in [0.25, 0.3) is 0 Å². The molecular formula is C33H27NS2. The molecule has 0 saturated carbocycles. The third-order valence-corrected chi connectivity index (χ3v) is 8.57. The molecule has 0 unspecified atom stereocenters. The molecule has 3 heteroatoms. The first-order valence-electron chi connectivity index (χ1n) is 12.3. The van der Waals surface area contributed by atoms with Crippen LogP contribution in [0.2, 0.25) is 0 Å². The molecule has 1 N–H and O–H groups in total. The highest BCUT2D eigenvalue weighted by atomic mass is 32.1. The molecule has 0 radical (unpaired) electrons. The van der Waals surface area contributed by atoms with Crippen molar-refractivity contribution >= 4 is 39.1 Å². The van der Waals surface area contributed by atoms with Gasteiger partial charge in [0.1, 0.15) is 0 Å². The van der Waals surface area contributed by atoms with Crippen LogP contribution in [0.3, 0.4) is 0 Å². The first kappa shape index (κ1) is 22.8. The maximum absolute atomic E-state index is 3.54. The summed E-state index contributed by atoms with van der Waals surface area (Å²) < 4.78 is 0. The summed E-state index contributed by atoms with van der Waals surface area (Å²) in [5, 5.41) is 10.4. The van der Waals surface area contributed by atoms with Crippen molar-refractivity contribution in [3.8, 4) is 20.9 Å². The van der Waals surface area contributed by atoms with E-state index < -0.39 is 0 Å². The highest BCUT2D eigenvalue weighted by Gasteiger charge is 2.20. The van der Waals surface area contributed by atoms with Gasteiger partial charge in [-0.1, -0.05) is 91.0 Å². The van der Waals surface area contributed by atoms with Gasteiger partial charge in [-0.3, -0.25) is 0 Å². The van der Waals surface area contributed by atoms with Gasteiger partial charge in [0, 0.05) is 33.3 Å². The van der Waals surface area contributed by atoms with E-state index in [1.165, 1.54) is 54.0 Å². The lowest BCUT2D eigenvalue weighted by Gasteiger charge is -2.22. The maximum atomic E-state index is 3.54. The minimum atomic E-state index is 0.139. The number of anilines is 1. The maximum Gasteiger partial charge on any atom is 0.0419 e. The first-order chi connectivity index (χ1) is 17.8. The summed E-state index contributed by atoms with van der Waals surface area (Å²) in [6.07, 6.45) is 0. The molecule has 4 aromatic carbocycles. The monoisotopic (exact) mass is 501 g/mol. The molecule has 36 heavy (non-hydrogen) atoms. The molecule has 0 bridgehead atoms. The lowest BCUT2D eigenvalue weighted by molar-refractivity contribution is 0.989. The molecule has 6 aromatic rings. The summed E-state index contributed by atoms with van der Waals surface area (Å²) in [5.74, 6) is 0.139. The average molecular weight is 502 g/mol. The van der Waals surface area contributed by atoms with Crippen molar-refractivity contribution < 1.29 is 0 Å². The lowest BCUT2D eigenvalue weighted by Crippen LogP contribution is -2.06. The van der Waals surface area contributed by atoms with E-state index in [0.717, 1.165) is 6.54 Å². The van der Waals surface area contributed by atoms with Crippen molar-refractivity contribution in [3.05, 3.63) is 137 Å². The Morgan fingerprint density at radius 2 is 1.14 bits per heavy atom. The highest BCUT2D eigenvalue weighted by Crippen LogP contribution is 2.40. The van der Waals surface area contributed by atoms with Crippen LogP contribution in [-0.2, 0) is 0 Å². The zero-order valence-electron chi connectivity index (χ0n) is 20.1. The van der Waals surface area contributed by atoms with Crippen LogP contribution in [-0.4, -0.2) is 6.54 Å². The van der Waals surface area contributed by atoms with Crippen molar-refractivity contribution in [2.24, 2.45) is 0 Å². The fourth-order valence-corrected chi connectivity index (χ4v) is 6.50. The minimum absolute atomic E-state index is 0.139. The Bertz CT molecular complexity index is 1480.